The molecule has 0 fully saturated rings. The fourth-order valence-corrected chi connectivity index (χ4v) is 3.14. The largest absolute Gasteiger partial charge is 0.496 e. The van der Waals surface area contributed by atoms with Gasteiger partial charge in [-0.2, -0.15) is 0 Å². The predicted octanol–water partition coefficient (Wildman–Crippen LogP) is 4.22. The van der Waals surface area contributed by atoms with Crippen molar-refractivity contribution in [1.82, 2.24) is 4.90 Å². The summed E-state index contributed by atoms with van der Waals surface area (Å²) < 4.78 is 5.40. The van der Waals surface area contributed by atoms with Gasteiger partial charge in [0.1, 0.15) is 5.75 Å². The zero-order chi connectivity index (χ0) is 19.9. The monoisotopic (exact) mass is 379 g/mol. The van der Waals surface area contributed by atoms with Gasteiger partial charge in [-0.25, -0.2) is 4.79 Å². The van der Waals surface area contributed by atoms with Crippen LogP contribution in [0.15, 0.2) is 66.3 Å². The Balaban J connectivity index is 1.63. The lowest BCUT2D eigenvalue weighted by molar-refractivity contribution is 0.0645. The molecule has 0 aliphatic carbocycles. The number of ether oxygens (including phenoxy) is 1. The lowest BCUT2D eigenvalue weighted by atomic mass is 10.0. The first kappa shape index (κ1) is 19.5. The maximum Gasteiger partial charge on any atom is 0.322 e. The fourth-order valence-electron chi connectivity index (χ4n) is 3.14. The highest BCUT2D eigenvalue weighted by Crippen LogP contribution is 2.25. The minimum Gasteiger partial charge on any atom is -0.496 e. The topological polar surface area (TPSA) is 63.2 Å². The van der Waals surface area contributed by atoms with Gasteiger partial charge in [0.2, 0.25) is 0 Å². The third kappa shape index (κ3) is 4.71. The molecule has 1 heterocycles. The Morgan fingerprint density at radius 1 is 1.36 bits per heavy atom. The highest BCUT2D eigenvalue weighted by molar-refractivity contribution is 6.03. The first-order chi connectivity index (χ1) is 13.6. The molecule has 0 saturated heterocycles. The Bertz CT molecular complexity index is 879. The predicted molar refractivity (Wildman–Crippen MR) is 111 cm³/mol. The number of hydrogen-bond donors (Lipinski definition) is 1. The molecule has 2 aromatic carbocycles. The summed E-state index contributed by atoms with van der Waals surface area (Å²) >= 11 is 0. The van der Waals surface area contributed by atoms with Gasteiger partial charge in [-0.1, -0.05) is 35.5 Å². The van der Waals surface area contributed by atoms with E-state index in [2.05, 4.69) is 17.1 Å². The van der Waals surface area contributed by atoms with E-state index < -0.39 is 0 Å². The second-order valence-electron chi connectivity index (χ2n) is 6.66. The van der Waals surface area contributed by atoms with E-state index in [4.69, 9.17) is 9.57 Å². The van der Waals surface area contributed by atoms with Crippen molar-refractivity contribution >= 4 is 17.4 Å². The van der Waals surface area contributed by atoms with Crippen molar-refractivity contribution in [1.29, 1.82) is 0 Å². The van der Waals surface area contributed by atoms with E-state index in [0.29, 0.717) is 19.5 Å². The lowest BCUT2D eigenvalue weighted by Gasteiger charge is -2.24. The summed E-state index contributed by atoms with van der Waals surface area (Å²) in [5, 5.41) is 7.15. The molecule has 28 heavy (non-hydrogen) atoms. The number of amides is 2. The van der Waals surface area contributed by atoms with Crippen molar-refractivity contribution in [3.8, 4) is 5.75 Å². The Hall–Kier alpha value is -3.28. The molecule has 1 aliphatic rings. The minimum atomic E-state index is -0.219. The summed E-state index contributed by atoms with van der Waals surface area (Å²) in [6, 6.07) is 15.2. The molecule has 1 N–H and O–H groups in total. The molecule has 0 radical (unpaired) electrons. The molecule has 3 rings (SSSR count). The van der Waals surface area contributed by atoms with Crippen LogP contribution >= 0.6 is 0 Å². The highest BCUT2D eigenvalue weighted by Gasteiger charge is 2.27. The van der Waals surface area contributed by atoms with Crippen LogP contribution in [0, 0.1) is 6.92 Å². The van der Waals surface area contributed by atoms with Crippen LogP contribution in [0.5, 0.6) is 5.75 Å². The molecule has 146 valence electrons. The first-order valence-electron chi connectivity index (χ1n) is 9.20. The Morgan fingerprint density at radius 3 is 2.93 bits per heavy atom. The van der Waals surface area contributed by atoms with Crippen LogP contribution in [-0.2, 0) is 4.84 Å². The van der Waals surface area contributed by atoms with Crippen LogP contribution in [0.25, 0.3) is 0 Å². The maximum atomic E-state index is 12.7. The number of aryl methyl sites for hydroxylation is 1. The van der Waals surface area contributed by atoms with E-state index in [1.54, 1.807) is 18.1 Å². The number of oxime groups is 1. The van der Waals surface area contributed by atoms with Crippen molar-refractivity contribution in [2.75, 3.05) is 25.5 Å². The molecule has 2 amide bonds. The van der Waals surface area contributed by atoms with Gasteiger partial charge in [0, 0.05) is 24.2 Å². The summed E-state index contributed by atoms with van der Waals surface area (Å²) in [5.74, 6) is 0.755. The number of anilines is 1. The summed E-state index contributed by atoms with van der Waals surface area (Å²) in [5.41, 5.74) is 3.58. The second kappa shape index (κ2) is 9.08. The second-order valence-corrected chi connectivity index (χ2v) is 6.66. The number of hydrogen-bond acceptors (Lipinski definition) is 4. The number of benzene rings is 2. The first-order valence-corrected chi connectivity index (χ1v) is 9.20. The molecular weight excluding hydrogens is 354 g/mol. The van der Waals surface area contributed by atoms with Gasteiger partial charge in [-0.3, -0.25) is 0 Å². The molecule has 2 aromatic rings. The van der Waals surface area contributed by atoms with Crippen molar-refractivity contribution < 1.29 is 14.4 Å². The Kier molecular flexibility index (Phi) is 6.32. The highest BCUT2D eigenvalue weighted by atomic mass is 16.6. The van der Waals surface area contributed by atoms with Gasteiger partial charge in [-0.05, 0) is 36.8 Å². The van der Waals surface area contributed by atoms with Crippen molar-refractivity contribution in [3.63, 3.8) is 0 Å². The van der Waals surface area contributed by atoms with Crippen LogP contribution in [0.1, 0.15) is 17.5 Å². The molecule has 0 spiro atoms. The van der Waals surface area contributed by atoms with Crippen LogP contribution in [0.3, 0.4) is 0 Å². The molecule has 1 aliphatic heterocycles. The lowest BCUT2D eigenvalue weighted by Crippen LogP contribution is -2.40. The summed E-state index contributed by atoms with van der Waals surface area (Å²) in [6.07, 6.45) is 2.08. The number of carbonyl (C=O) groups is 1. The van der Waals surface area contributed by atoms with Crippen LogP contribution < -0.4 is 10.1 Å². The zero-order valence-corrected chi connectivity index (χ0v) is 16.2. The standard InChI is InChI=1S/C22H25N3O3/c1-4-12-25(22(26)23-17-9-7-8-16(2)13-17)15-18-14-20(24-28-18)19-10-5-6-11-21(19)27-3/h4-11,13,18H,1,12,14-15H2,2-3H3,(H,23,26). The third-order valence-electron chi connectivity index (χ3n) is 4.48. The summed E-state index contributed by atoms with van der Waals surface area (Å²) in [4.78, 5) is 20.0. The molecule has 6 heteroatoms. The number of methoxy groups -OCH3 is 1. The number of nitrogens with one attached hydrogen (secondary N) is 1. The fraction of sp³-hybridized carbons (Fsp3) is 0.273. The SMILES string of the molecule is C=CCN(CC1CC(c2ccccc2OC)=NO1)C(=O)Nc1cccc(C)c1. The molecule has 1 atom stereocenters. The van der Waals surface area contributed by atoms with Crippen molar-refractivity contribution in [2.24, 2.45) is 5.16 Å². The molecular formula is C22H25N3O3. The van der Waals surface area contributed by atoms with Gasteiger partial charge in [0.15, 0.2) is 6.10 Å². The van der Waals surface area contributed by atoms with Crippen LogP contribution in [-0.4, -0.2) is 42.9 Å². The molecule has 0 aromatic heterocycles. The molecule has 6 nitrogen and oxygen atoms in total. The van der Waals surface area contributed by atoms with Gasteiger partial charge >= 0.3 is 6.03 Å². The van der Waals surface area contributed by atoms with E-state index in [9.17, 15) is 4.79 Å². The normalized spacial score (nSPS) is 15.4. The average molecular weight is 379 g/mol. The van der Waals surface area contributed by atoms with Gasteiger partial charge in [0.05, 0.1) is 19.4 Å². The van der Waals surface area contributed by atoms with Crippen molar-refractivity contribution in [3.05, 3.63) is 72.3 Å². The quantitative estimate of drug-likeness (QED) is 0.733. The Morgan fingerprint density at radius 2 is 2.18 bits per heavy atom. The molecule has 0 bridgehead atoms. The average Bonchev–Trinajstić information content (AvgIpc) is 3.16. The maximum absolute atomic E-state index is 12.7. The number of carbonyl (C=O) groups excluding carboxylic acids is 1. The van der Waals surface area contributed by atoms with Crippen LogP contribution in [0.4, 0.5) is 10.5 Å². The van der Waals surface area contributed by atoms with Gasteiger partial charge in [-0.15, -0.1) is 6.58 Å². The smallest absolute Gasteiger partial charge is 0.322 e. The van der Waals surface area contributed by atoms with E-state index in [0.717, 1.165) is 28.3 Å². The Labute approximate surface area is 165 Å². The van der Waals surface area contributed by atoms with E-state index in [-0.39, 0.29) is 12.1 Å². The number of urea groups is 1. The number of para-hydroxylation sites is 1. The van der Waals surface area contributed by atoms with Gasteiger partial charge in [0.25, 0.3) is 0 Å². The minimum absolute atomic E-state index is 0.195. The number of rotatable bonds is 7. The number of nitrogens with zero attached hydrogens (tertiary/aromatic N) is 2. The van der Waals surface area contributed by atoms with Gasteiger partial charge < -0.3 is 19.8 Å². The molecule has 0 saturated carbocycles. The van der Waals surface area contributed by atoms with Crippen molar-refractivity contribution in [2.45, 2.75) is 19.4 Å². The van der Waals surface area contributed by atoms with Crippen LogP contribution in [0.2, 0.25) is 0 Å². The molecule has 1 unspecified atom stereocenters. The summed E-state index contributed by atoms with van der Waals surface area (Å²) in [7, 11) is 1.63. The van der Waals surface area contributed by atoms with E-state index in [1.807, 2.05) is 55.5 Å². The van der Waals surface area contributed by atoms with E-state index >= 15 is 0 Å². The third-order valence-corrected chi connectivity index (χ3v) is 4.48. The zero-order valence-electron chi connectivity index (χ0n) is 16.2. The summed E-state index contributed by atoms with van der Waals surface area (Å²) in [6.45, 7) is 6.57. The van der Waals surface area contributed by atoms with E-state index in [1.165, 1.54) is 0 Å².